The summed E-state index contributed by atoms with van der Waals surface area (Å²) in [5, 5.41) is 0. The summed E-state index contributed by atoms with van der Waals surface area (Å²) >= 11 is 0. The first-order valence-corrected chi connectivity index (χ1v) is 8.99. The van der Waals surface area contributed by atoms with Crippen LogP contribution in [0.4, 0.5) is 0 Å². The second-order valence-corrected chi connectivity index (χ2v) is 6.69. The summed E-state index contributed by atoms with van der Waals surface area (Å²) in [6.07, 6.45) is 0.766. The van der Waals surface area contributed by atoms with Crippen LogP contribution in [0.3, 0.4) is 0 Å². The molecule has 0 aliphatic rings. The Morgan fingerprint density at radius 3 is 2.07 bits per heavy atom. The zero-order valence-electron chi connectivity index (χ0n) is 16.9. The number of hydrogen-bond acceptors (Lipinski definition) is 5. The molecule has 2 aromatic carbocycles. The molecule has 0 radical (unpaired) electrons. The van der Waals surface area contributed by atoms with Crippen LogP contribution in [-0.2, 0) is 11.2 Å². The maximum atomic E-state index is 12.3. The van der Waals surface area contributed by atoms with Gasteiger partial charge in [-0.25, -0.2) is 0 Å². The number of methoxy groups -OCH3 is 3. The summed E-state index contributed by atoms with van der Waals surface area (Å²) in [7, 11) is 4.70. The van der Waals surface area contributed by atoms with Gasteiger partial charge in [-0.3, -0.25) is 4.79 Å². The molecule has 0 aromatic heterocycles. The molecule has 27 heavy (non-hydrogen) atoms. The molecule has 0 atom stereocenters. The zero-order valence-corrected chi connectivity index (χ0v) is 16.9. The van der Waals surface area contributed by atoms with E-state index in [-0.39, 0.29) is 12.4 Å². The number of aryl methyl sites for hydroxylation is 2. The summed E-state index contributed by atoms with van der Waals surface area (Å²) in [6.45, 7) is 6.16. The zero-order chi connectivity index (χ0) is 20.0. The molecule has 0 saturated heterocycles. The van der Waals surface area contributed by atoms with Gasteiger partial charge in [0.1, 0.15) is 5.75 Å². The van der Waals surface area contributed by atoms with E-state index >= 15 is 0 Å². The molecule has 0 aliphatic carbocycles. The van der Waals surface area contributed by atoms with E-state index in [1.54, 1.807) is 21.3 Å². The Labute approximate surface area is 161 Å². The van der Waals surface area contributed by atoms with Gasteiger partial charge in [-0.15, -0.1) is 0 Å². The third-order valence-corrected chi connectivity index (χ3v) is 4.44. The normalized spacial score (nSPS) is 10.6. The Morgan fingerprint density at radius 2 is 1.56 bits per heavy atom. The van der Waals surface area contributed by atoms with Crippen LogP contribution in [-0.4, -0.2) is 27.3 Å². The number of ether oxygens (including phenoxy) is 4. The molecule has 5 nitrogen and oxygen atoms in total. The van der Waals surface area contributed by atoms with Crippen molar-refractivity contribution in [2.75, 3.05) is 21.3 Å². The maximum Gasteiger partial charge on any atom is 0.311 e. The number of esters is 1. The van der Waals surface area contributed by atoms with Crippen LogP contribution in [0.2, 0.25) is 0 Å². The van der Waals surface area contributed by atoms with E-state index in [1.807, 2.05) is 31.2 Å². The largest absolute Gasteiger partial charge is 0.493 e. The minimum Gasteiger partial charge on any atom is -0.493 e. The van der Waals surface area contributed by atoms with Gasteiger partial charge in [0.05, 0.1) is 21.3 Å². The predicted octanol–water partition coefficient (Wildman–Crippen LogP) is 4.68. The van der Waals surface area contributed by atoms with Crippen LogP contribution in [0.15, 0.2) is 30.3 Å². The Bertz CT molecular complexity index is 770. The van der Waals surface area contributed by atoms with Crippen molar-refractivity contribution in [1.82, 2.24) is 0 Å². The minimum atomic E-state index is -0.271. The average molecular weight is 372 g/mol. The first-order chi connectivity index (χ1) is 12.9. The second-order valence-electron chi connectivity index (χ2n) is 6.69. The molecular weight excluding hydrogens is 344 g/mol. The van der Waals surface area contributed by atoms with E-state index in [0.29, 0.717) is 35.3 Å². The molecule has 0 fully saturated rings. The Kier molecular flexibility index (Phi) is 7.11. The lowest BCUT2D eigenvalue weighted by molar-refractivity contribution is -0.134. The number of carbonyl (C=O) groups excluding carboxylic acids is 1. The van der Waals surface area contributed by atoms with Crippen LogP contribution in [0.5, 0.6) is 23.0 Å². The number of rotatable bonds is 8. The van der Waals surface area contributed by atoms with Gasteiger partial charge in [0, 0.05) is 6.42 Å². The second kappa shape index (κ2) is 9.31. The summed E-state index contributed by atoms with van der Waals surface area (Å²) in [5.41, 5.74) is 3.00. The van der Waals surface area contributed by atoms with Crippen molar-refractivity contribution >= 4 is 5.97 Å². The molecule has 0 aliphatic heterocycles. The van der Waals surface area contributed by atoms with Gasteiger partial charge in [0.2, 0.25) is 5.75 Å². The van der Waals surface area contributed by atoms with Crippen LogP contribution in [0.1, 0.15) is 42.9 Å². The third-order valence-electron chi connectivity index (χ3n) is 4.44. The number of hydrogen-bond donors (Lipinski definition) is 0. The van der Waals surface area contributed by atoms with E-state index < -0.39 is 0 Å². The van der Waals surface area contributed by atoms with Gasteiger partial charge in [0.25, 0.3) is 0 Å². The first-order valence-electron chi connectivity index (χ1n) is 8.99. The van der Waals surface area contributed by atoms with E-state index in [2.05, 4.69) is 19.9 Å². The summed E-state index contributed by atoms with van der Waals surface area (Å²) in [6, 6.07) is 9.68. The fraction of sp³-hybridized carbons (Fsp3) is 0.409. The Hall–Kier alpha value is -2.69. The first kappa shape index (κ1) is 20.6. The number of benzene rings is 2. The van der Waals surface area contributed by atoms with E-state index in [1.165, 1.54) is 0 Å². The highest BCUT2D eigenvalue weighted by Gasteiger charge is 2.15. The molecule has 146 valence electrons. The van der Waals surface area contributed by atoms with E-state index in [0.717, 1.165) is 16.7 Å². The molecular formula is C22H28O5. The summed E-state index contributed by atoms with van der Waals surface area (Å²) < 4.78 is 21.6. The highest BCUT2D eigenvalue weighted by molar-refractivity contribution is 5.73. The van der Waals surface area contributed by atoms with Crippen molar-refractivity contribution in [3.8, 4) is 23.0 Å². The predicted molar refractivity (Wildman–Crippen MR) is 105 cm³/mol. The lowest BCUT2D eigenvalue weighted by Crippen LogP contribution is -2.10. The average Bonchev–Trinajstić information content (AvgIpc) is 2.66. The lowest BCUT2D eigenvalue weighted by Gasteiger charge is -2.14. The monoisotopic (exact) mass is 372 g/mol. The van der Waals surface area contributed by atoms with Crippen LogP contribution in [0.25, 0.3) is 0 Å². The van der Waals surface area contributed by atoms with Gasteiger partial charge >= 0.3 is 5.97 Å². The van der Waals surface area contributed by atoms with E-state index in [4.69, 9.17) is 18.9 Å². The molecule has 0 bridgehead atoms. The molecule has 2 rings (SSSR count). The standard InChI is InChI=1S/C22H28O5/c1-14(2)17-9-7-15(3)18(13-17)27-21(23)10-8-16-11-19(24-4)22(26-6)20(12-16)25-5/h7,9,11-14H,8,10H2,1-6H3. The molecule has 0 saturated carbocycles. The quantitative estimate of drug-likeness (QED) is 0.497. The lowest BCUT2D eigenvalue weighted by atomic mass is 10.0. The van der Waals surface area contributed by atoms with Gasteiger partial charge < -0.3 is 18.9 Å². The van der Waals surface area contributed by atoms with Crippen molar-refractivity contribution in [3.05, 3.63) is 47.0 Å². The highest BCUT2D eigenvalue weighted by Crippen LogP contribution is 2.38. The van der Waals surface area contributed by atoms with Gasteiger partial charge in [-0.2, -0.15) is 0 Å². The molecule has 0 heterocycles. The van der Waals surface area contributed by atoms with Crippen molar-refractivity contribution in [3.63, 3.8) is 0 Å². The van der Waals surface area contributed by atoms with Gasteiger partial charge in [-0.1, -0.05) is 26.0 Å². The van der Waals surface area contributed by atoms with Crippen molar-refractivity contribution < 1.29 is 23.7 Å². The molecule has 0 spiro atoms. The summed E-state index contributed by atoms with van der Waals surface area (Å²) in [5.74, 6) is 2.40. The fourth-order valence-electron chi connectivity index (χ4n) is 2.79. The van der Waals surface area contributed by atoms with Crippen molar-refractivity contribution in [2.24, 2.45) is 0 Å². The van der Waals surface area contributed by atoms with Gasteiger partial charge in [0.15, 0.2) is 11.5 Å². The molecule has 5 heteroatoms. The smallest absolute Gasteiger partial charge is 0.311 e. The SMILES string of the molecule is COc1cc(CCC(=O)Oc2cc(C(C)C)ccc2C)cc(OC)c1OC. The molecule has 0 N–H and O–H groups in total. The van der Waals surface area contributed by atoms with Crippen molar-refractivity contribution in [2.45, 2.75) is 39.5 Å². The van der Waals surface area contributed by atoms with E-state index in [9.17, 15) is 4.79 Å². The Morgan fingerprint density at radius 1 is 0.926 bits per heavy atom. The molecule has 2 aromatic rings. The van der Waals surface area contributed by atoms with Gasteiger partial charge in [-0.05, 0) is 54.2 Å². The number of carbonyl (C=O) groups is 1. The van der Waals surface area contributed by atoms with Crippen LogP contribution >= 0.6 is 0 Å². The topological polar surface area (TPSA) is 54.0 Å². The summed E-state index contributed by atoms with van der Waals surface area (Å²) in [4.78, 5) is 12.3. The molecule has 0 amide bonds. The minimum absolute atomic E-state index is 0.254. The van der Waals surface area contributed by atoms with Crippen LogP contribution < -0.4 is 18.9 Å². The fourth-order valence-corrected chi connectivity index (χ4v) is 2.79. The molecule has 0 unspecified atom stereocenters. The Balaban J connectivity index is 2.09. The maximum absolute atomic E-state index is 12.3. The van der Waals surface area contributed by atoms with Crippen molar-refractivity contribution in [1.29, 1.82) is 0 Å². The highest BCUT2D eigenvalue weighted by atomic mass is 16.5. The van der Waals surface area contributed by atoms with Crippen LogP contribution in [0, 0.1) is 6.92 Å². The third kappa shape index (κ3) is 5.16.